The summed E-state index contributed by atoms with van der Waals surface area (Å²) in [6, 6.07) is 4.43. The number of hydrogen-bond acceptors (Lipinski definition) is 11. The molecule has 5 saturated heterocycles. The summed E-state index contributed by atoms with van der Waals surface area (Å²) in [5, 5.41) is 5.09. The Balaban J connectivity index is 0.000000188. The molecule has 298 valence electrons. The van der Waals surface area contributed by atoms with Gasteiger partial charge in [0.25, 0.3) is 0 Å². The molecule has 0 bridgehead atoms. The average Bonchev–Trinajstić information content (AvgIpc) is 3.86. The summed E-state index contributed by atoms with van der Waals surface area (Å²) in [6.45, 7) is 5.52. The van der Waals surface area contributed by atoms with Gasteiger partial charge in [0.1, 0.15) is 29.4 Å². The van der Waals surface area contributed by atoms with Crippen LogP contribution in [0.2, 0.25) is 0 Å². The van der Waals surface area contributed by atoms with E-state index in [2.05, 4.69) is 10.6 Å². The van der Waals surface area contributed by atoms with Gasteiger partial charge in [-0.15, -0.1) is 0 Å². The van der Waals surface area contributed by atoms with E-state index in [4.69, 9.17) is 18.9 Å². The molecule has 5 aliphatic rings. The van der Waals surface area contributed by atoms with Crippen LogP contribution in [0.1, 0.15) is 39.5 Å². The number of anilines is 4. The third-order valence-electron chi connectivity index (χ3n) is 9.82. The van der Waals surface area contributed by atoms with E-state index in [1.165, 1.54) is 18.7 Å². The van der Waals surface area contributed by atoms with Crippen molar-refractivity contribution in [2.45, 2.75) is 57.5 Å². The van der Waals surface area contributed by atoms with Crippen molar-refractivity contribution < 1.29 is 60.5 Å². The molecule has 19 heteroatoms. The Morgan fingerprint density at radius 2 is 1.05 bits per heavy atom. The van der Waals surface area contributed by atoms with Crippen molar-refractivity contribution in [1.29, 1.82) is 0 Å². The first-order valence-electron chi connectivity index (χ1n) is 17.9. The Morgan fingerprint density at radius 3 is 1.44 bits per heavy atom. The zero-order chi connectivity index (χ0) is 39.4. The van der Waals surface area contributed by atoms with Gasteiger partial charge in [-0.1, -0.05) is 0 Å². The van der Waals surface area contributed by atoms with E-state index in [0.29, 0.717) is 39.1 Å². The molecule has 5 aliphatic heterocycles. The summed E-state index contributed by atoms with van der Waals surface area (Å²) in [4.78, 5) is 62.7. The molecule has 2 atom stereocenters. The molecule has 7 rings (SSSR count). The molecule has 0 radical (unpaired) electrons. The molecule has 55 heavy (non-hydrogen) atoms. The maximum Gasteiger partial charge on any atom is 0.414 e. The number of cyclic esters (lactones) is 2. The van der Waals surface area contributed by atoms with Gasteiger partial charge in [-0.05, 0) is 0 Å². The van der Waals surface area contributed by atoms with Gasteiger partial charge < -0.3 is 39.4 Å². The molecule has 0 saturated carbocycles. The summed E-state index contributed by atoms with van der Waals surface area (Å²) in [6.07, 6.45) is -1.05. The predicted octanol–water partition coefficient (Wildman–Crippen LogP) is 3.36. The second kappa shape index (κ2) is 16.7. The molecule has 2 aromatic carbocycles. The number of carbonyl (C=O) groups excluding carboxylic acids is 5. The summed E-state index contributed by atoms with van der Waals surface area (Å²) in [5.41, 5.74) is -0.185. The topological polar surface area (TPSA) is 159 Å². The number of ketones is 1. The molecule has 5 fully saturated rings. The van der Waals surface area contributed by atoms with Crippen molar-refractivity contribution in [3.8, 4) is 0 Å². The van der Waals surface area contributed by atoms with Crippen LogP contribution in [-0.4, -0.2) is 113 Å². The SMILES string of the molecule is CC(=O)NC[C@H]1CN(c2cc(F)c(N3CCC(=O)CC3)c(F)c2)C(=O)O1.CC(=O)NC[C@H]1CN(c2cc(F)c(N3CCC4(CC3)OCCO4)c(F)c2)C(=O)O1. The van der Waals surface area contributed by atoms with Crippen LogP contribution in [0.3, 0.4) is 0 Å². The number of nitrogens with zero attached hydrogens (tertiary/aromatic N) is 4. The quantitative estimate of drug-likeness (QED) is 0.379. The lowest BCUT2D eigenvalue weighted by Crippen LogP contribution is -2.45. The number of nitrogens with one attached hydrogen (secondary N) is 2. The monoisotopic (exact) mass is 778 g/mol. The first-order chi connectivity index (χ1) is 26.2. The van der Waals surface area contributed by atoms with Crippen LogP contribution in [0.15, 0.2) is 24.3 Å². The predicted molar refractivity (Wildman–Crippen MR) is 188 cm³/mol. The highest BCUT2D eigenvalue weighted by molar-refractivity contribution is 5.91. The van der Waals surface area contributed by atoms with Crippen LogP contribution in [0.25, 0.3) is 0 Å². The van der Waals surface area contributed by atoms with Crippen LogP contribution in [-0.2, 0) is 33.3 Å². The molecule has 0 aromatic heterocycles. The Hall–Kier alpha value is -5.17. The zero-order valence-electron chi connectivity index (χ0n) is 30.3. The normalized spacial score (nSPS) is 22.0. The fourth-order valence-corrected chi connectivity index (χ4v) is 7.05. The number of halogens is 4. The highest BCUT2D eigenvalue weighted by Crippen LogP contribution is 2.37. The standard InChI is InChI=1S/C19H23F2N3O5.C17H19F2N3O4/c1-12(25)22-10-14-11-24(18(26)29-14)13-8-15(20)17(16(21)9-13)23-4-2-19(3-5-23)27-6-7-28-19;1-10(23)20-8-13-9-22(17(25)26-13)11-6-14(18)16(15(19)7-11)21-4-2-12(24)3-5-21/h8-9,14H,2-7,10-11H2,1H3,(H,22,25);6-7,13H,2-5,8-9H2,1H3,(H,20,23)/t14-;13-/m00/s1. The summed E-state index contributed by atoms with van der Waals surface area (Å²) in [5.74, 6) is -4.17. The Kier molecular flexibility index (Phi) is 12.0. The minimum Gasteiger partial charge on any atom is -0.442 e. The number of hydrogen-bond donors (Lipinski definition) is 2. The number of amides is 4. The molecule has 2 aromatic rings. The molecule has 15 nitrogen and oxygen atoms in total. The lowest BCUT2D eigenvalue weighted by Gasteiger charge is -2.38. The van der Waals surface area contributed by atoms with Crippen LogP contribution < -0.4 is 30.2 Å². The van der Waals surface area contributed by atoms with E-state index in [0.717, 1.165) is 34.1 Å². The van der Waals surface area contributed by atoms with Crippen molar-refractivity contribution in [3.63, 3.8) is 0 Å². The van der Waals surface area contributed by atoms with Crippen molar-refractivity contribution >= 4 is 52.5 Å². The molecule has 4 amide bonds. The second-order valence-electron chi connectivity index (χ2n) is 13.7. The first kappa shape index (κ1) is 39.5. The van der Waals surface area contributed by atoms with Crippen molar-refractivity contribution in [1.82, 2.24) is 10.6 Å². The van der Waals surface area contributed by atoms with Crippen LogP contribution in [0.5, 0.6) is 0 Å². The molecule has 1 spiro atoms. The summed E-state index contributed by atoms with van der Waals surface area (Å²) >= 11 is 0. The van der Waals surface area contributed by atoms with Gasteiger partial charge in [-0.25, -0.2) is 27.2 Å². The van der Waals surface area contributed by atoms with Crippen LogP contribution >= 0.6 is 0 Å². The van der Waals surface area contributed by atoms with Gasteiger partial charge in [-0.3, -0.25) is 24.2 Å². The number of ether oxygens (including phenoxy) is 4. The lowest BCUT2D eigenvalue weighted by atomic mass is 10.0. The summed E-state index contributed by atoms with van der Waals surface area (Å²) in [7, 11) is 0. The van der Waals surface area contributed by atoms with Crippen molar-refractivity contribution in [2.75, 3.05) is 85.2 Å². The minimum absolute atomic E-state index is 0.0483. The Bertz CT molecular complexity index is 1760. The number of benzene rings is 2. The Morgan fingerprint density at radius 1 is 0.673 bits per heavy atom. The number of Topliss-reactive ketones (excluding diaryl/α,β-unsaturated/α-hetero) is 1. The first-order valence-corrected chi connectivity index (χ1v) is 17.9. The lowest BCUT2D eigenvalue weighted by molar-refractivity contribution is -0.169. The fraction of sp³-hybridized carbons (Fsp3) is 0.528. The smallest absolute Gasteiger partial charge is 0.414 e. The molecule has 0 aliphatic carbocycles. The van der Waals surface area contributed by atoms with Crippen molar-refractivity contribution in [2.24, 2.45) is 0 Å². The van der Waals surface area contributed by atoms with Crippen LogP contribution in [0, 0.1) is 23.3 Å². The zero-order valence-corrected chi connectivity index (χ0v) is 30.3. The van der Waals surface area contributed by atoms with Crippen LogP contribution in [0.4, 0.5) is 49.9 Å². The fourth-order valence-electron chi connectivity index (χ4n) is 7.05. The maximum atomic E-state index is 14.8. The van der Waals surface area contributed by atoms with E-state index in [1.54, 1.807) is 4.90 Å². The van der Waals surface area contributed by atoms with Gasteiger partial charge in [0, 0.05) is 90.0 Å². The van der Waals surface area contributed by atoms with Crippen molar-refractivity contribution in [3.05, 3.63) is 47.5 Å². The van der Waals surface area contributed by atoms with E-state index < -0.39 is 53.5 Å². The highest BCUT2D eigenvalue weighted by Gasteiger charge is 2.41. The van der Waals surface area contributed by atoms with Gasteiger partial charge in [0.15, 0.2) is 29.1 Å². The maximum absolute atomic E-state index is 14.8. The summed E-state index contributed by atoms with van der Waals surface area (Å²) < 4.78 is 80.2. The Labute approximate surface area is 313 Å². The van der Waals surface area contributed by atoms with Gasteiger partial charge in [-0.2, -0.15) is 0 Å². The molecular formula is C36H42F4N6O9. The molecule has 5 heterocycles. The third kappa shape index (κ3) is 9.21. The van der Waals surface area contributed by atoms with E-state index in [1.807, 2.05) is 0 Å². The minimum atomic E-state index is -0.799. The number of carbonyl (C=O) groups is 5. The average molecular weight is 779 g/mol. The van der Waals surface area contributed by atoms with E-state index >= 15 is 0 Å². The van der Waals surface area contributed by atoms with Gasteiger partial charge >= 0.3 is 12.2 Å². The van der Waals surface area contributed by atoms with E-state index in [9.17, 15) is 41.5 Å². The molecular weight excluding hydrogens is 736 g/mol. The second-order valence-corrected chi connectivity index (χ2v) is 13.7. The number of rotatable bonds is 8. The largest absolute Gasteiger partial charge is 0.442 e. The highest BCUT2D eigenvalue weighted by atomic mass is 19.1. The number of piperidine rings is 2. The van der Waals surface area contributed by atoms with Gasteiger partial charge in [0.05, 0.1) is 50.8 Å². The van der Waals surface area contributed by atoms with E-state index in [-0.39, 0.29) is 92.5 Å². The third-order valence-corrected chi connectivity index (χ3v) is 9.82. The van der Waals surface area contributed by atoms with Gasteiger partial charge in [0.2, 0.25) is 11.8 Å². The molecule has 0 unspecified atom stereocenters. The molecule has 2 N–H and O–H groups in total.